The second kappa shape index (κ2) is 2.21. The summed E-state index contributed by atoms with van der Waals surface area (Å²) in [6, 6.07) is 0. The van der Waals surface area contributed by atoms with E-state index in [9.17, 15) is 4.79 Å². The minimum Gasteiger partial charge on any atom is -0.368 e. The fourth-order valence-electron chi connectivity index (χ4n) is 0.973. The van der Waals surface area contributed by atoms with E-state index in [1.54, 1.807) is 11.8 Å². The Hall–Kier alpha value is -0.180. The van der Waals surface area contributed by atoms with Gasteiger partial charge in [-0.25, -0.2) is 0 Å². The van der Waals surface area contributed by atoms with Gasteiger partial charge in [0.1, 0.15) is 0 Å². The van der Waals surface area contributed by atoms with Crippen LogP contribution in [0.25, 0.3) is 0 Å². The number of rotatable bonds is 1. The Kier molecular flexibility index (Phi) is 1.70. The van der Waals surface area contributed by atoms with Gasteiger partial charge in [0.25, 0.3) is 0 Å². The summed E-state index contributed by atoms with van der Waals surface area (Å²) in [5.74, 6) is 0.921. The van der Waals surface area contributed by atoms with Crippen LogP contribution in [0.4, 0.5) is 0 Å². The molecule has 0 aliphatic carbocycles. The first kappa shape index (κ1) is 6.93. The van der Waals surface area contributed by atoms with Gasteiger partial charge >= 0.3 is 0 Å². The quantitative estimate of drug-likeness (QED) is 0.592. The van der Waals surface area contributed by atoms with E-state index in [0.717, 1.165) is 18.6 Å². The maximum absolute atomic E-state index is 10.7. The van der Waals surface area contributed by atoms with Crippen molar-refractivity contribution in [1.82, 2.24) is 0 Å². The molecule has 1 rings (SSSR count). The Morgan fingerprint density at radius 2 is 2.44 bits per heavy atom. The van der Waals surface area contributed by atoms with Crippen LogP contribution < -0.4 is 5.73 Å². The second-order valence-electron chi connectivity index (χ2n) is 2.55. The largest absolute Gasteiger partial charge is 0.368 e. The molecule has 1 fully saturated rings. The third kappa shape index (κ3) is 1.21. The topological polar surface area (TPSA) is 43.1 Å². The summed E-state index contributed by atoms with van der Waals surface area (Å²) in [6.45, 7) is 1.92. The summed E-state index contributed by atoms with van der Waals surface area (Å²) in [5, 5.41) is 0. The Morgan fingerprint density at radius 1 is 1.78 bits per heavy atom. The van der Waals surface area contributed by atoms with Gasteiger partial charge in [-0.15, -0.1) is 11.8 Å². The molecular formula is C6H11NOS. The first-order valence-electron chi connectivity index (χ1n) is 3.09. The van der Waals surface area contributed by atoms with Gasteiger partial charge in [-0.1, -0.05) is 0 Å². The number of hydrogen-bond donors (Lipinski definition) is 1. The highest BCUT2D eigenvalue weighted by Crippen LogP contribution is 2.36. The molecule has 0 aromatic carbocycles. The number of amides is 1. The van der Waals surface area contributed by atoms with Gasteiger partial charge in [-0.3, -0.25) is 4.79 Å². The van der Waals surface area contributed by atoms with Crippen LogP contribution >= 0.6 is 11.8 Å². The highest BCUT2D eigenvalue weighted by molar-refractivity contribution is 8.01. The first-order valence-corrected chi connectivity index (χ1v) is 4.07. The smallest absolute Gasteiger partial charge is 0.233 e. The Bertz CT molecular complexity index is 129. The molecule has 0 saturated carbocycles. The zero-order valence-corrected chi connectivity index (χ0v) is 6.33. The van der Waals surface area contributed by atoms with E-state index in [1.807, 2.05) is 6.92 Å². The Balaban J connectivity index is 2.61. The van der Waals surface area contributed by atoms with E-state index < -0.39 is 0 Å². The lowest BCUT2D eigenvalue weighted by atomic mass is 10.1. The number of thioether (sulfide) groups is 1. The van der Waals surface area contributed by atoms with E-state index in [1.165, 1.54) is 0 Å². The maximum atomic E-state index is 10.7. The maximum Gasteiger partial charge on any atom is 0.233 e. The van der Waals surface area contributed by atoms with E-state index in [-0.39, 0.29) is 10.7 Å². The van der Waals surface area contributed by atoms with E-state index in [2.05, 4.69) is 0 Å². The summed E-state index contributed by atoms with van der Waals surface area (Å²) in [6.07, 6.45) is 2.08. The first-order chi connectivity index (χ1) is 4.15. The van der Waals surface area contributed by atoms with Gasteiger partial charge in [0.15, 0.2) is 0 Å². The molecule has 0 radical (unpaired) electrons. The fourth-order valence-corrected chi connectivity index (χ4v) is 2.14. The monoisotopic (exact) mass is 145 g/mol. The molecule has 0 bridgehead atoms. The average Bonchev–Trinajstić information content (AvgIpc) is 2.16. The third-order valence-corrected chi connectivity index (χ3v) is 3.28. The molecule has 2 N–H and O–H groups in total. The molecular weight excluding hydrogens is 134 g/mol. The molecule has 1 atom stereocenters. The molecule has 1 unspecified atom stereocenters. The van der Waals surface area contributed by atoms with Gasteiger partial charge < -0.3 is 5.73 Å². The molecule has 52 valence electrons. The van der Waals surface area contributed by atoms with Crippen LogP contribution in [0.1, 0.15) is 19.8 Å². The fraction of sp³-hybridized carbons (Fsp3) is 0.833. The number of nitrogens with two attached hydrogens (primary N) is 1. The van der Waals surface area contributed by atoms with Gasteiger partial charge in [0.2, 0.25) is 5.91 Å². The van der Waals surface area contributed by atoms with Crippen LogP contribution in [-0.2, 0) is 4.79 Å². The van der Waals surface area contributed by atoms with Gasteiger partial charge in [-0.05, 0) is 25.5 Å². The summed E-state index contributed by atoms with van der Waals surface area (Å²) in [5.41, 5.74) is 5.17. The van der Waals surface area contributed by atoms with E-state index in [4.69, 9.17) is 5.73 Å². The molecule has 1 saturated heterocycles. The van der Waals surface area contributed by atoms with Crippen molar-refractivity contribution in [3.05, 3.63) is 0 Å². The van der Waals surface area contributed by atoms with Crippen LogP contribution in [0.3, 0.4) is 0 Å². The molecule has 9 heavy (non-hydrogen) atoms. The number of primary amides is 1. The summed E-state index contributed by atoms with van der Waals surface area (Å²) in [4.78, 5) is 10.7. The number of hydrogen-bond acceptors (Lipinski definition) is 2. The van der Waals surface area contributed by atoms with Crippen molar-refractivity contribution < 1.29 is 4.79 Å². The lowest BCUT2D eigenvalue weighted by Crippen LogP contribution is -2.35. The van der Waals surface area contributed by atoms with Crippen LogP contribution in [0, 0.1) is 0 Å². The Morgan fingerprint density at radius 3 is 2.67 bits per heavy atom. The molecule has 3 heteroatoms. The van der Waals surface area contributed by atoms with Gasteiger partial charge in [0, 0.05) is 0 Å². The molecule has 1 aliphatic heterocycles. The third-order valence-electron chi connectivity index (χ3n) is 1.74. The molecule has 2 nitrogen and oxygen atoms in total. The summed E-state index contributed by atoms with van der Waals surface area (Å²) < 4.78 is -0.250. The highest BCUT2D eigenvalue weighted by atomic mass is 32.2. The van der Waals surface area contributed by atoms with Crippen LogP contribution in [0.5, 0.6) is 0 Å². The molecule has 0 aromatic rings. The normalized spacial score (nSPS) is 34.8. The average molecular weight is 145 g/mol. The molecule has 0 spiro atoms. The zero-order valence-electron chi connectivity index (χ0n) is 5.52. The molecule has 1 heterocycles. The number of carbonyl (C=O) groups is 1. The SMILES string of the molecule is CC1(C(N)=O)CCCS1. The van der Waals surface area contributed by atoms with Crippen molar-refractivity contribution in [1.29, 1.82) is 0 Å². The van der Waals surface area contributed by atoms with Crippen molar-refractivity contribution >= 4 is 17.7 Å². The second-order valence-corrected chi connectivity index (χ2v) is 4.15. The standard InChI is InChI=1S/C6H11NOS/c1-6(5(7)8)3-2-4-9-6/h2-4H2,1H3,(H2,7,8). The van der Waals surface area contributed by atoms with Gasteiger partial charge in [-0.2, -0.15) is 0 Å². The predicted octanol–water partition coefficient (Wildman–Crippen LogP) is 0.757. The predicted molar refractivity (Wildman–Crippen MR) is 39.3 cm³/mol. The minimum atomic E-state index is -0.250. The zero-order chi connectivity index (χ0) is 6.91. The lowest BCUT2D eigenvalue weighted by molar-refractivity contribution is -0.119. The summed E-state index contributed by atoms with van der Waals surface area (Å²) in [7, 11) is 0. The van der Waals surface area contributed by atoms with E-state index in [0.29, 0.717) is 0 Å². The molecule has 0 aromatic heterocycles. The van der Waals surface area contributed by atoms with Crippen molar-refractivity contribution in [2.24, 2.45) is 5.73 Å². The van der Waals surface area contributed by atoms with Gasteiger partial charge in [0.05, 0.1) is 4.75 Å². The molecule has 1 amide bonds. The minimum absolute atomic E-state index is 0.162. The van der Waals surface area contributed by atoms with Crippen LogP contribution in [-0.4, -0.2) is 16.4 Å². The Labute approximate surface area is 59.2 Å². The number of carbonyl (C=O) groups excluding carboxylic acids is 1. The van der Waals surface area contributed by atoms with Crippen molar-refractivity contribution in [3.63, 3.8) is 0 Å². The van der Waals surface area contributed by atoms with Crippen molar-refractivity contribution in [2.75, 3.05) is 5.75 Å². The van der Waals surface area contributed by atoms with Crippen LogP contribution in [0.2, 0.25) is 0 Å². The van der Waals surface area contributed by atoms with E-state index >= 15 is 0 Å². The van der Waals surface area contributed by atoms with Crippen LogP contribution in [0.15, 0.2) is 0 Å². The lowest BCUT2D eigenvalue weighted by Gasteiger charge is -2.16. The molecule has 1 aliphatic rings. The summed E-state index contributed by atoms with van der Waals surface area (Å²) >= 11 is 1.68. The van der Waals surface area contributed by atoms with Crippen molar-refractivity contribution in [2.45, 2.75) is 24.5 Å². The van der Waals surface area contributed by atoms with Crippen molar-refractivity contribution in [3.8, 4) is 0 Å². The highest BCUT2D eigenvalue weighted by Gasteiger charge is 2.34.